The summed E-state index contributed by atoms with van der Waals surface area (Å²) in [5, 5.41) is 0. The Kier molecular flexibility index (Phi) is 6.22. The van der Waals surface area contributed by atoms with E-state index in [0.29, 0.717) is 6.42 Å². The molecule has 0 aliphatic carbocycles. The van der Waals surface area contributed by atoms with Crippen LogP contribution in [0.2, 0.25) is 0 Å². The Morgan fingerprint density at radius 3 is 2.63 bits per heavy atom. The predicted octanol–water partition coefficient (Wildman–Crippen LogP) is 2.13. The molecule has 0 radical (unpaired) electrons. The van der Waals surface area contributed by atoms with Crippen LogP contribution in [0.4, 0.5) is 0 Å². The zero-order valence-corrected chi connectivity index (χ0v) is 12.1. The number of unbranched alkanes of at least 4 members (excludes halogenated alkanes) is 4. The highest BCUT2D eigenvalue weighted by Gasteiger charge is 2.46. The molecule has 1 aliphatic rings. The number of hydrogen-bond acceptors (Lipinski definition) is 2. The van der Waals surface area contributed by atoms with Crippen LogP contribution in [-0.2, 0) is 9.59 Å². The average Bonchev–Trinajstić information content (AvgIpc) is 2.77. The number of carbonyl (C=O) groups is 2. The fourth-order valence-corrected chi connectivity index (χ4v) is 2.95. The van der Waals surface area contributed by atoms with E-state index in [1.807, 2.05) is 13.1 Å². The lowest BCUT2D eigenvalue weighted by atomic mass is 10.1. The van der Waals surface area contributed by atoms with Gasteiger partial charge in [-0.25, -0.2) is 4.79 Å². The first-order valence-electron chi connectivity index (χ1n) is 7.31. The standard InChI is InChI=1S/C15H26N2O2/c1-3-4-5-6-7-8-11-14(18)17(2)12-9-10-13(17)15(16)19/h3,13H,1,4-12H2,2H3,(H-,16,19)/p+1. The van der Waals surface area contributed by atoms with Gasteiger partial charge in [-0.1, -0.05) is 18.9 Å². The van der Waals surface area contributed by atoms with Gasteiger partial charge in [0.05, 0.1) is 20.0 Å². The number of allylic oxidation sites excluding steroid dienone is 1. The van der Waals surface area contributed by atoms with Crippen molar-refractivity contribution < 1.29 is 14.1 Å². The third-order valence-electron chi connectivity index (χ3n) is 4.24. The van der Waals surface area contributed by atoms with Gasteiger partial charge in [0, 0.05) is 12.8 Å². The van der Waals surface area contributed by atoms with E-state index >= 15 is 0 Å². The molecule has 1 rings (SSSR count). The molecule has 19 heavy (non-hydrogen) atoms. The number of likely N-dealkylation sites (N-methyl/N-ethyl adjacent to an activating group) is 1. The smallest absolute Gasteiger partial charge is 0.314 e. The largest absolute Gasteiger partial charge is 0.364 e. The number of likely N-dealkylation sites (tertiary alicyclic amines) is 1. The second-order valence-corrected chi connectivity index (χ2v) is 5.69. The maximum absolute atomic E-state index is 12.3. The molecule has 0 bridgehead atoms. The molecule has 1 heterocycles. The number of hydrogen-bond donors (Lipinski definition) is 1. The van der Waals surface area contributed by atoms with Crippen LogP contribution in [0.3, 0.4) is 0 Å². The van der Waals surface area contributed by atoms with Gasteiger partial charge in [-0.05, 0) is 19.3 Å². The van der Waals surface area contributed by atoms with Crippen LogP contribution in [-0.4, -0.2) is 35.9 Å². The number of quaternary nitrogens is 1. The Morgan fingerprint density at radius 2 is 2.00 bits per heavy atom. The molecule has 4 nitrogen and oxygen atoms in total. The molecule has 0 aromatic carbocycles. The van der Waals surface area contributed by atoms with Crippen molar-refractivity contribution in [3.05, 3.63) is 12.7 Å². The summed E-state index contributed by atoms with van der Waals surface area (Å²) in [5.41, 5.74) is 5.40. The van der Waals surface area contributed by atoms with Crippen molar-refractivity contribution in [1.82, 2.24) is 0 Å². The highest BCUT2D eigenvalue weighted by Crippen LogP contribution is 2.26. The van der Waals surface area contributed by atoms with Crippen molar-refractivity contribution in [2.45, 2.75) is 57.4 Å². The van der Waals surface area contributed by atoms with E-state index in [4.69, 9.17) is 5.73 Å². The molecule has 0 aromatic rings. The molecule has 0 aromatic heterocycles. The quantitative estimate of drug-likeness (QED) is 0.416. The Balaban J connectivity index is 2.35. The molecule has 0 spiro atoms. The number of carbonyl (C=O) groups excluding carboxylic acids is 2. The van der Waals surface area contributed by atoms with Gasteiger partial charge in [0.2, 0.25) is 0 Å². The Hall–Kier alpha value is -1.16. The number of nitrogens with two attached hydrogens (primary N) is 1. The van der Waals surface area contributed by atoms with E-state index in [1.165, 1.54) is 0 Å². The van der Waals surface area contributed by atoms with Crippen LogP contribution >= 0.6 is 0 Å². The highest BCUT2D eigenvalue weighted by molar-refractivity contribution is 5.82. The average molecular weight is 267 g/mol. The van der Waals surface area contributed by atoms with Crippen molar-refractivity contribution in [1.29, 1.82) is 0 Å². The van der Waals surface area contributed by atoms with Crippen LogP contribution < -0.4 is 5.73 Å². The van der Waals surface area contributed by atoms with Gasteiger partial charge in [0.1, 0.15) is 0 Å². The lowest BCUT2D eigenvalue weighted by molar-refractivity contribution is -0.837. The zero-order chi connectivity index (χ0) is 14.3. The van der Waals surface area contributed by atoms with E-state index in [9.17, 15) is 9.59 Å². The lowest BCUT2D eigenvalue weighted by Crippen LogP contribution is -2.57. The predicted molar refractivity (Wildman–Crippen MR) is 76.2 cm³/mol. The Labute approximate surface area is 116 Å². The van der Waals surface area contributed by atoms with Crippen molar-refractivity contribution in [3.8, 4) is 0 Å². The molecule has 2 unspecified atom stereocenters. The summed E-state index contributed by atoms with van der Waals surface area (Å²) < 4.78 is 0.224. The normalized spacial score (nSPS) is 26.3. The summed E-state index contributed by atoms with van der Waals surface area (Å²) in [6, 6.07) is -0.312. The molecular weight excluding hydrogens is 240 g/mol. The molecule has 2 N–H and O–H groups in total. The Morgan fingerprint density at radius 1 is 1.32 bits per heavy atom. The maximum atomic E-state index is 12.3. The van der Waals surface area contributed by atoms with Crippen molar-refractivity contribution in [2.75, 3.05) is 13.6 Å². The molecule has 4 heteroatoms. The van der Waals surface area contributed by atoms with E-state index in [1.54, 1.807) is 0 Å². The molecule has 0 saturated carbocycles. The van der Waals surface area contributed by atoms with E-state index in [0.717, 1.165) is 51.5 Å². The second-order valence-electron chi connectivity index (χ2n) is 5.69. The molecule has 1 saturated heterocycles. The van der Waals surface area contributed by atoms with Gasteiger partial charge >= 0.3 is 5.91 Å². The molecule has 1 fully saturated rings. The van der Waals surface area contributed by atoms with Crippen LogP contribution in [0.1, 0.15) is 51.4 Å². The SMILES string of the molecule is C=CCCCCCCC(=O)[N+]1(C)CCCC1C(N)=O. The molecule has 1 aliphatic heterocycles. The van der Waals surface area contributed by atoms with Gasteiger partial charge in [-0.3, -0.25) is 9.28 Å². The topological polar surface area (TPSA) is 60.2 Å². The minimum atomic E-state index is -0.334. The fourth-order valence-electron chi connectivity index (χ4n) is 2.95. The summed E-state index contributed by atoms with van der Waals surface area (Å²) in [5.74, 6) is -0.163. The number of rotatable bonds is 8. The first kappa shape index (κ1) is 15.9. The van der Waals surface area contributed by atoms with Crippen molar-refractivity contribution in [3.63, 3.8) is 0 Å². The van der Waals surface area contributed by atoms with E-state index in [-0.39, 0.29) is 22.3 Å². The minimum absolute atomic E-state index is 0.171. The second kappa shape index (κ2) is 7.43. The van der Waals surface area contributed by atoms with E-state index in [2.05, 4.69) is 6.58 Å². The van der Waals surface area contributed by atoms with Gasteiger partial charge in [-0.2, -0.15) is 0 Å². The summed E-state index contributed by atoms with van der Waals surface area (Å²) >= 11 is 0. The first-order valence-corrected chi connectivity index (χ1v) is 7.31. The lowest BCUT2D eigenvalue weighted by Gasteiger charge is -2.31. The zero-order valence-electron chi connectivity index (χ0n) is 12.1. The third-order valence-corrected chi connectivity index (χ3v) is 4.24. The maximum Gasteiger partial charge on any atom is 0.314 e. The fraction of sp³-hybridized carbons (Fsp3) is 0.733. The van der Waals surface area contributed by atoms with Crippen LogP contribution in [0.5, 0.6) is 0 Å². The number of amides is 2. The van der Waals surface area contributed by atoms with Gasteiger partial charge in [0.25, 0.3) is 5.91 Å². The number of nitrogens with zero attached hydrogens (tertiary/aromatic N) is 1. The summed E-state index contributed by atoms with van der Waals surface area (Å²) in [6.45, 7) is 4.45. The van der Waals surface area contributed by atoms with Crippen LogP contribution in [0, 0.1) is 0 Å². The molecule has 2 amide bonds. The molecular formula is C15H27N2O2+. The highest BCUT2D eigenvalue weighted by atomic mass is 16.2. The Bertz CT molecular complexity index is 341. The van der Waals surface area contributed by atoms with Crippen molar-refractivity contribution >= 4 is 11.8 Å². The first-order chi connectivity index (χ1) is 9.02. The summed E-state index contributed by atoms with van der Waals surface area (Å²) in [7, 11) is 1.86. The number of primary amides is 1. The van der Waals surface area contributed by atoms with Gasteiger partial charge in [-0.15, -0.1) is 6.58 Å². The van der Waals surface area contributed by atoms with Gasteiger partial charge in [0.15, 0.2) is 6.04 Å². The van der Waals surface area contributed by atoms with Crippen LogP contribution in [0.25, 0.3) is 0 Å². The monoisotopic (exact) mass is 267 g/mol. The minimum Gasteiger partial charge on any atom is -0.364 e. The molecule has 2 atom stereocenters. The molecule has 108 valence electrons. The third kappa shape index (κ3) is 4.16. The van der Waals surface area contributed by atoms with E-state index < -0.39 is 0 Å². The van der Waals surface area contributed by atoms with Crippen LogP contribution in [0.15, 0.2) is 12.7 Å². The summed E-state index contributed by atoms with van der Waals surface area (Å²) in [6.07, 6.45) is 9.47. The van der Waals surface area contributed by atoms with Crippen molar-refractivity contribution in [2.24, 2.45) is 5.73 Å². The van der Waals surface area contributed by atoms with Gasteiger partial charge < -0.3 is 5.73 Å². The summed E-state index contributed by atoms with van der Waals surface area (Å²) in [4.78, 5) is 23.7.